The van der Waals surface area contributed by atoms with Crippen LogP contribution in [0.25, 0.3) is 0 Å². The van der Waals surface area contributed by atoms with Crippen molar-refractivity contribution in [3.05, 3.63) is 0 Å². The molecule has 0 saturated carbocycles. The van der Waals surface area contributed by atoms with Crippen LogP contribution in [0.1, 0.15) is 71.1 Å². The summed E-state index contributed by atoms with van der Waals surface area (Å²) >= 11 is 0. The Balaban J connectivity index is 1.92. The second-order valence-corrected chi connectivity index (χ2v) is 4.91. The van der Waals surface area contributed by atoms with E-state index in [1.54, 1.807) is 5.06 Å². The van der Waals surface area contributed by atoms with Crippen molar-refractivity contribution >= 4 is 5.91 Å². The highest BCUT2D eigenvalue weighted by Crippen LogP contribution is 2.12. The first-order valence-corrected chi connectivity index (χ1v) is 7.28. The summed E-state index contributed by atoms with van der Waals surface area (Å²) in [5.74, 6) is 0.179. The van der Waals surface area contributed by atoms with Gasteiger partial charge in [0.25, 0.3) is 0 Å². The van der Waals surface area contributed by atoms with Gasteiger partial charge in [0.15, 0.2) is 0 Å². The normalized spacial score (nSPS) is 16.2. The maximum absolute atomic E-state index is 11.7. The molecule has 1 fully saturated rings. The van der Waals surface area contributed by atoms with Gasteiger partial charge >= 0.3 is 0 Å². The second-order valence-electron chi connectivity index (χ2n) is 4.91. The molecule has 0 spiro atoms. The van der Waals surface area contributed by atoms with Crippen LogP contribution in [0.2, 0.25) is 0 Å². The topological polar surface area (TPSA) is 29.5 Å². The van der Waals surface area contributed by atoms with E-state index in [1.165, 1.54) is 38.5 Å². The molecule has 0 bridgehead atoms. The first-order valence-electron chi connectivity index (χ1n) is 7.28. The monoisotopic (exact) mass is 241 g/mol. The van der Waals surface area contributed by atoms with E-state index in [0.717, 1.165) is 25.8 Å². The molecule has 1 saturated heterocycles. The smallest absolute Gasteiger partial charge is 0.246 e. The standard InChI is InChI=1S/C14H27NO2/c1-2-3-4-5-6-7-8-11-14(16)15-12-9-10-13-17-15/h2-13H2,1H3. The Kier molecular flexibility index (Phi) is 8.06. The largest absolute Gasteiger partial charge is 0.273 e. The Bertz CT molecular complexity index is 200. The molecule has 1 aliphatic rings. The van der Waals surface area contributed by atoms with Crippen molar-refractivity contribution in [3.8, 4) is 0 Å². The maximum Gasteiger partial charge on any atom is 0.246 e. The number of rotatable bonds is 8. The maximum atomic E-state index is 11.7. The molecule has 3 nitrogen and oxygen atoms in total. The quantitative estimate of drug-likeness (QED) is 0.607. The minimum absolute atomic E-state index is 0.179. The van der Waals surface area contributed by atoms with E-state index in [0.29, 0.717) is 13.0 Å². The fraction of sp³-hybridized carbons (Fsp3) is 0.929. The van der Waals surface area contributed by atoms with Crippen LogP contribution in [0.15, 0.2) is 0 Å². The molecule has 0 atom stereocenters. The van der Waals surface area contributed by atoms with Gasteiger partial charge in [-0.05, 0) is 19.3 Å². The van der Waals surface area contributed by atoms with Crippen molar-refractivity contribution in [1.29, 1.82) is 0 Å². The summed E-state index contributed by atoms with van der Waals surface area (Å²) in [6.07, 6.45) is 11.6. The van der Waals surface area contributed by atoms with Gasteiger partial charge in [0, 0.05) is 13.0 Å². The van der Waals surface area contributed by atoms with E-state index in [4.69, 9.17) is 4.84 Å². The summed E-state index contributed by atoms with van der Waals surface area (Å²) in [7, 11) is 0. The highest BCUT2D eigenvalue weighted by molar-refractivity contribution is 5.75. The lowest BCUT2D eigenvalue weighted by Gasteiger charge is -2.25. The van der Waals surface area contributed by atoms with E-state index >= 15 is 0 Å². The Hall–Kier alpha value is -0.570. The zero-order valence-electron chi connectivity index (χ0n) is 11.2. The average molecular weight is 241 g/mol. The second kappa shape index (κ2) is 9.46. The number of amides is 1. The van der Waals surface area contributed by atoms with Gasteiger partial charge in [0.1, 0.15) is 0 Å². The summed E-state index contributed by atoms with van der Waals surface area (Å²) in [6, 6.07) is 0. The van der Waals surface area contributed by atoms with Gasteiger partial charge in [-0.25, -0.2) is 5.06 Å². The van der Waals surface area contributed by atoms with Crippen LogP contribution in [-0.2, 0) is 9.63 Å². The number of nitrogens with zero attached hydrogens (tertiary/aromatic N) is 1. The first kappa shape index (κ1) is 14.5. The Morgan fingerprint density at radius 3 is 2.41 bits per heavy atom. The summed E-state index contributed by atoms with van der Waals surface area (Å²) in [5, 5.41) is 1.57. The van der Waals surface area contributed by atoms with Crippen molar-refractivity contribution in [2.75, 3.05) is 13.2 Å². The van der Waals surface area contributed by atoms with E-state index in [2.05, 4.69) is 6.92 Å². The molecule has 1 amide bonds. The fourth-order valence-electron chi connectivity index (χ4n) is 2.15. The summed E-state index contributed by atoms with van der Waals surface area (Å²) < 4.78 is 0. The lowest BCUT2D eigenvalue weighted by molar-refractivity contribution is -0.197. The van der Waals surface area contributed by atoms with Gasteiger partial charge in [0.05, 0.1) is 6.61 Å². The molecule has 100 valence electrons. The summed E-state index contributed by atoms with van der Waals surface area (Å²) in [6.45, 7) is 3.73. The van der Waals surface area contributed by atoms with Crippen LogP contribution in [0, 0.1) is 0 Å². The Morgan fingerprint density at radius 2 is 1.76 bits per heavy atom. The SMILES string of the molecule is CCCCCCCCCC(=O)N1CCCCO1. The van der Waals surface area contributed by atoms with Gasteiger partial charge in [0.2, 0.25) is 5.91 Å². The average Bonchev–Trinajstić information content (AvgIpc) is 2.38. The van der Waals surface area contributed by atoms with Gasteiger partial charge in [-0.3, -0.25) is 9.63 Å². The first-order chi connectivity index (χ1) is 8.34. The molecular weight excluding hydrogens is 214 g/mol. The molecule has 0 N–H and O–H groups in total. The van der Waals surface area contributed by atoms with E-state index in [9.17, 15) is 4.79 Å². The van der Waals surface area contributed by atoms with Crippen molar-refractivity contribution in [3.63, 3.8) is 0 Å². The minimum Gasteiger partial charge on any atom is -0.273 e. The van der Waals surface area contributed by atoms with Crippen LogP contribution in [-0.4, -0.2) is 24.1 Å². The summed E-state index contributed by atoms with van der Waals surface area (Å²) in [5.41, 5.74) is 0. The lowest BCUT2D eigenvalue weighted by atomic mass is 10.1. The van der Waals surface area contributed by atoms with Crippen molar-refractivity contribution < 1.29 is 9.63 Å². The fourth-order valence-corrected chi connectivity index (χ4v) is 2.15. The summed E-state index contributed by atoms with van der Waals surface area (Å²) in [4.78, 5) is 17.1. The molecule has 17 heavy (non-hydrogen) atoms. The van der Waals surface area contributed by atoms with Crippen LogP contribution in [0.3, 0.4) is 0 Å². The third-order valence-electron chi connectivity index (χ3n) is 3.28. The molecule has 0 radical (unpaired) electrons. The lowest BCUT2D eigenvalue weighted by Crippen LogP contribution is -2.35. The molecule has 0 aromatic heterocycles. The van der Waals surface area contributed by atoms with Gasteiger partial charge in [-0.2, -0.15) is 0 Å². The highest BCUT2D eigenvalue weighted by Gasteiger charge is 2.16. The van der Waals surface area contributed by atoms with Gasteiger partial charge in [-0.15, -0.1) is 0 Å². The molecule has 1 heterocycles. The number of hydrogen-bond acceptors (Lipinski definition) is 2. The van der Waals surface area contributed by atoms with Crippen molar-refractivity contribution in [2.24, 2.45) is 0 Å². The van der Waals surface area contributed by atoms with E-state index in [-0.39, 0.29) is 5.91 Å². The molecular formula is C14H27NO2. The predicted molar refractivity (Wildman–Crippen MR) is 69.5 cm³/mol. The molecule has 3 heteroatoms. The highest BCUT2D eigenvalue weighted by atomic mass is 16.7. The molecule has 1 aliphatic heterocycles. The van der Waals surface area contributed by atoms with Crippen LogP contribution >= 0.6 is 0 Å². The van der Waals surface area contributed by atoms with Crippen molar-refractivity contribution in [1.82, 2.24) is 5.06 Å². The minimum atomic E-state index is 0.179. The van der Waals surface area contributed by atoms with E-state index < -0.39 is 0 Å². The van der Waals surface area contributed by atoms with E-state index in [1.807, 2.05) is 0 Å². The predicted octanol–water partition coefficient (Wildman–Crippen LogP) is 3.68. The Morgan fingerprint density at radius 1 is 1.06 bits per heavy atom. The van der Waals surface area contributed by atoms with Gasteiger partial charge < -0.3 is 0 Å². The molecule has 0 aromatic rings. The van der Waals surface area contributed by atoms with Gasteiger partial charge in [-0.1, -0.05) is 45.4 Å². The molecule has 1 rings (SSSR count). The van der Waals surface area contributed by atoms with Crippen LogP contribution in [0.4, 0.5) is 0 Å². The molecule has 0 unspecified atom stereocenters. The van der Waals surface area contributed by atoms with Crippen molar-refractivity contribution in [2.45, 2.75) is 71.1 Å². The van der Waals surface area contributed by atoms with Crippen LogP contribution < -0.4 is 0 Å². The number of hydrogen-bond donors (Lipinski definition) is 0. The number of carbonyl (C=O) groups excluding carboxylic acids is 1. The van der Waals surface area contributed by atoms with Crippen LogP contribution in [0.5, 0.6) is 0 Å². The molecule has 0 aromatic carbocycles. The number of unbranched alkanes of at least 4 members (excludes halogenated alkanes) is 6. The molecule has 0 aliphatic carbocycles. The Labute approximate surface area is 105 Å². The zero-order valence-corrected chi connectivity index (χ0v) is 11.2. The zero-order chi connectivity index (χ0) is 12.3. The third kappa shape index (κ3) is 6.67. The third-order valence-corrected chi connectivity index (χ3v) is 3.28. The number of carbonyl (C=O) groups is 1. The number of hydroxylamine groups is 2.